The largest absolute Gasteiger partial charge is 0.507 e. The van der Waals surface area contributed by atoms with Crippen LogP contribution < -0.4 is 0 Å². The van der Waals surface area contributed by atoms with E-state index in [1.54, 1.807) is 6.07 Å². The topological polar surface area (TPSA) is 51.5 Å². The second kappa shape index (κ2) is 6.96. The summed E-state index contributed by atoms with van der Waals surface area (Å²) >= 11 is 0. The Morgan fingerprint density at radius 1 is 1.03 bits per heavy atom. The van der Waals surface area contributed by atoms with Crippen molar-refractivity contribution in [2.45, 2.75) is 32.2 Å². The zero-order chi connectivity index (χ0) is 20.0. The van der Waals surface area contributed by atoms with Crippen molar-refractivity contribution >= 4 is 27.8 Å². The zero-order valence-electron chi connectivity index (χ0n) is 16.4. The Bertz CT molecular complexity index is 1240. The summed E-state index contributed by atoms with van der Waals surface area (Å²) in [5, 5.41) is 12.6. The minimum Gasteiger partial charge on any atom is -0.507 e. The molecule has 0 unspecified atom stereocenters. The van der Waals surface area contributed by atoms with Gasteiger partial charge in [0.2, 0.25) is 0 Å². The lowest BCUT2D eigenvalue weighted by molar-refractivity contribution is 0.0603. The van der Waals surface area contributed by atoms with Gasteiger partial charge >= 0.3 is 5.97 Å². The molecule has 0 aliphatic heterocycles. The number of hydrogen-bond donors (Lipinski definition) is 1. The van der Waals surface area contributed by atoms with E-state index in [-0.39, 0.29) is 11.7 Å². The fourth-order valence-electron chi connectivity index (χ4n) is 4.77. The van der Waals surface area contributed by atoms with Gasteiger partial charge in [-0.1, -0.05) is 36.4 Å². The van der Waals surface area contributed by atoms with Crippen molar-refractivity contribution in [3.63, 3.8) is 0 Å². The van der Waals surface area contributed by atoms with Gasteiger partial charge < -0.3 is 14.4 Å². The average molecular weight is 385 g/mol. The summed E-state index contributed by atoms with van der Waals surface area (Å²) in [7, 11) is 1.39. The summed E-state index contributed by atoms with van der Waals surface area (Å²) in [6.45, 7) is 0.682. The van der Waals surface area contributed by atoms with Crippen LogP contribution in [0.15, 0.2) is 54.6 Å². The molecule has 0 spiro atoms. The average Bonchev–Trinajstić information content (AvgIpc) is 3.09. The number of aryl methyl sites for hydroxylation is 2. The van der Waals surface area contributed by atoms with Crippen LogP contribution in [0.1, 0.15) is 39.9 Å². The number of nitrogens with zero attached hydrogens (tertiary/aromatic N) is 1. The molecule has 4 heteroatoms. The van der Waals surface area contributed by atoms with Crippen LogP contribution in [0.25, 0.3) is 21.8 Å². The Morgan fingerprint density at radius 3 is 2.62 bits per heavy atom. The highest BCUT2D eigenvalue weighted by atomic mass is 16.5. The van der Waals surface area contributed by atoms with E-state index in [1.165, 1.54) is 23.8 Å². The van der Waals surface area contributed by atoms with Gasteiger partial charge in [0, 0.05) is 11.9 Å². The fraction of sp³-hybridized carbons (Fsp3) is 0.240. The Hall–Kier alpha value is -3.27. The van der Waals surface area contributed by atoms with Crippen LogP contribution in [-0.2, 0) is 24.1 Å². The number of ether oxygens (including phenoxy) is 1. The third-order valence-corrected chi connectivity index (χ3v) is 6.04. The van der Waals surface area contributed by atoms with E-state index >= 15 is 0 Å². The molecule has 0 fully saturated rings. The van der Waals surface area contributed by atoms with Gasteiger partial charge in [0.05, 0.1) is 29.1 Å². The van der Waals surface area contributed by atoms with Crippen LogP contribution in [0.2, 0.25) is 0 Å². The molecule has 1 aromatic heterocycles. The van der Waals surface area contributed by atoms with E-state index in [4.69, 9.17) is 4.74 Å². The number of carbonyl (C=O) groups excluding carboxylic acids is 1. The number of fused-ring (bicyclic) bond motifs is 5. The van der Waals surface area contributed by atoms with Crippen molar-refractivity contribution < 1.29 is 14.6 Å². The van der Waals surface area contributed by atoms with Crippen molar-refractivity contribution in [2.24, 2.45) is 0 Å². The molecular formula is C25H23NO3. The number of rotatable bonds is 3. The number of aromatic hydroxyl groups is 1. The molecule has 0 saturated heterocycles. The van der Waals surface area contributed by atoms with Gasteiger partial charge in [0.1, 0.15) is 5.75 Å². The quantitative estimate of drug-likeness (QED) is 0.492. The second-order valence-corrected chi connectivity index (χ2v) is 7.73. The normalized spacial score (nSPS) is 13.6. The first-order valence-electron chi connectivity index (χ1n) is 10.1. The van der Waals surface area contributed by atoms with Gasteiger partial charge in [0.25, 0.3) is 0 Å². The summed E-state index contributed by atoms with van der Waals surface area (Å²) in [5.41, 5.74) is 6.19. The summed E-state index contributed by atoms with van der Waals surface area (Å²) in [5.74, 6) is -0.139. The van der Waals surface area contributed by atoms with Crippen LogP contribution in [0.4, 0.5) is 0 Å². The predicted octanol–water partition coefficient (Wildman–Crippen LogP) is 5.21. The molecule has 29 heavy (non-hydrogen) atoms. The maximum absolute atomic E-state index is 12.5. The van der Waals surface area contributed by atoms with Gasteiger partial charge in [-0.2, -0.15) is 0 Å². The highest BCUT2D eigenvalue weighted by Gasteiger charge is 2.25. The van der Waals surface area contributed by atoms with Crippen LogP contribution in [0, 0.1) is 0 Å². The summed E-state index contributed by atoms with van der Waals surface area (Å²) in [6, 6.07) is 17.9. The number of esters is 1. The predicted molar refractivity (Wildman–Crippen MR) is 115 cm³/mol. The lowest BCUT2D eigenvalue weighted by atomic mass is 9.89. The molecular weight excluding hydrogens is 362 g/mol. The Kier molecular flexibility index (Phi) is 4.27. The summed E-state index contributed by atoms with van der Waals surface area (Å²) in [6.07, 6.45) is 4.26. The molecule has 0 atom stereocenters. The summed E-state index contributed by atoms with van der Waals surface area (Å²) in [4.78, 5) is 12.5. The Labute approximate surface area is 169 Å². The Balaban J connectivity index is 1.92. The van der Waals surface area contributed by atoms with E-state index in [9.17, 15) is 9.90 Å². The molecule has 5 rings (SSSR count). The molecule has 1 aliphatic carbocycles. The van der Waals surface area contributed by atoms with Gasteiger partial charge in [-0.3, -0.25) is 0 Å². The number of phenols is 1. The Morgan fingerprint density at radius 2 is 1.83 bits per heavy atom. The van der Waals surface area contributed by atoms with Crippen LogP contribution in [-0.4, -0.2) is 22.8 Å². The maximum atomic E-state index is 12.5. The van der Waals surface area contributed by atoms with E-state index in [2.05, 4.69) is 16.7 Å². The molecule has 1 aliphatic rings. The molecule has 1 N–H and O–H groups in total. The number of benzene rings is 3. The lowest BCUT2D eigenvalue weighted by Gasteiger charge is -2.19. The molecule has 146 valence electrons. The number of aromatic nitrogens is 1. The standard InChI is InChI=1S/C25H23NO3/c1-29-25(28)19-12-7-13-20-22(19)23-21(27)14-17-10-5-6-11-18(17)24(23)26(20)15-16-8-3-2-4-9-16/h2-4,7-9,12-14,27H,5-6,10-11,15H2,1H3. The van der Waals surface area contributed by atoms with Crippen molar-refractivity contribution in [2.75, 3.05) is 7.11 Å². The highest BCUT2D eigenvalue weighted by Crippen LogP contribution is 2.42. The van der Waals surface area contributed by atoms with Crippen LogP contribution in [0.3, 0.4) is 0 Å². The molecule has 4 aromatic rings. The highest BCUT2D eigenvalue weighted by molar-refractivity contribution is 6.19. The second-order valence-electron chi connectivity index (χ2n) is 7.73. The maximum Gasteiger partial charge on any atom is 0.338 e. The molecule has 0 bridgehead atoms. The van der Waals surface area contributed by atoms with Crippen molar-refractivity contribution in [1.82, 2.24) is 4.57 Å². The van der Waals surface area contributed by atoms with Crippen LogP contribution in [0.5, 0.6) is 5.75 Å². The first kappa shape index (κ1) is 17.8. The lowest BCUT2D eigenvalue weighted by Crippen LogP contribution is -2.07. The van der Waals surface area contributed by atoms with Gasteiger partial charge in [-0.25, -0.2) is 4.79 Å². The SMILES string of the molecule is COC(=O)c1cccc2c1c1c(O)cc3c(c1n2Cc1ccccc1)CCCC3. The van der Waals surface area contributed by atoms with Gasteiger partial charge in [-0.05, 0) is 60.6 Å². The molecule has 0 radical (unpaired) electrons. The van der Waals surface area contributed by atoms with E-state index in [1.807, 2.05) is 36.4 Å². The van der Waals surface area contributed by atoms with Gasteiger partial charge in [0.15, 0.2) is 0 Å². The molecule has 0 amide bonds. The summed E-state index contributed by atoms with van der Waals surface area (Å²) < 4.78 is 7.30. The minimum absolute atomic E-state index is 0.244. The molecule has 1 heterocycles. The third-order valence-electron chi connectivity index (χ3n) is 6.04. The fourth-order valence-corrected chi connectivity index (χ4v) is 4.77. The number of hydrogen-bond acceptors (Lipinski definition) is 3. The number of carbonyl (C=O) groups is 1. The van der Waals surface area contributed by atoms with E-state index in [0.29, 0.717) is 12.1 Å². The number of phenolic OH excluding ortho intramolecular Hbond substituents is 1. The van der Waals surface area contributed by atoms with Crippen LogP contribution >= 0.6 is 0 Å². The minimum atomic E-state index is -0.383. The van der Waals surface area contributed by atoms with Crippen molar-refractivity contribution in [3.05, 3.63) is 76.9 Å². The van der Waals surface area contributed by atoms with Crippen molar-refractivity contribution in [3.8, 4) is 5.75 Å². The third kappa shape index (κ3) is 2.79. The molecule has 3 aromatic carbocycles. The smallest absolute Gasteiger partial charge is 0.338 e. The molecule has 0 saturated carbocycles. The van der Waals surface area contributed by atoms with Crippen molar-refractivity contribution in [1.29, 1.82) is 0 Å². The van der Waals surface area contributed by atoms with E-state index in [0.717, 1.165) is 47.5 Å². The molecule has 4 nitrogen and oxygen atoms in total. The first-order valence-corrected chi connectivity index (χ1v) is 10.1. The first-order chi connectivity index (χ1) is 14.2. The number of methoxy groups -OCH3 is 1. The van der Waals surface area contributed by atoms with E-state index < -0.39 is 0 Å². The zero-order valence-corrected chi connectivity index (χ0v) is 16.4. The monoisotopic (exact) mass is 385 g/mol. The van der Waals surface area contributed by atoms with Gasteiger partial charge in [-0.15, -0.1) is 0 Å².